The summed E-state index contributed by atoms with van der Waals surface area (Å²) in [6.45, 7) is 1.25. The third kappa shape index (κ3) is 2.79. The van der Waals surface area contributed by atoms with Crippen LogP contribution in [0.3, 0.4) is 0 Å². The van der Waals surface area contributed by atoms with E-state index in [0.717, 1.165) is 6.42 Å². The zero-order valence-electron chi connectivity index (χ0n) is 8.52. The summed E-state index contributed by atoms with van der Waals surface area (Å²) in [5.74, 6) is 0. The van der Waals surface area contributed by atoms with Crippen molar-refractivity contribution in [2.75, 3.05) is 13.2 Å². The summed E-state index contributed by atoms with van der Waals surface area (Å²) in [7, 11) is 0. The fourth-order valence-corrected chi connectivity index (χ4v) is 1.74. The Balaban J connectivity index is 1.85. The van der Waals surface area contributed by atoms with E-state index >= 15 is 0 Å². The Kier molecular flexibility index (Phi) is 3.33. The molecule has 0 radical (unpaired) electrons. The highest BCUT2D eigenvalue weighted by Crippen LogP contribution is 2.07. The van der Waals surface area contributed by atoms with E-state index in [1.54, 1.807) is 0 Å². The largest absolute Gasteiger partial charge is 0.360 e. The Morgan fingerprint density at radius 3 is 2.80 bits per heavy atom. The van der Waals surface area contributed by atoms with Crippen molar-refractivity contribution in [2.24, 2.45) is 0 Å². The van der Waals surface area contributed by atoms with Crippen LogP contribution in [-0.2, 0) is 11.2 Å². The molecule has 2 unspecified atom stereocenters. The molecule has 78 valence electrons. The first-order valence-electron chi connectivity index (χ1n) is 5.17. The molecule has 1 saturated heterocycles. The molecule has 0 spiro atoms. The van der Waals surface area contributed by atoms with Crippen LogP contribution < -0.4 is 5.32 Å². The van der Waals surface area contributed by atoms with Gasteiger partial charge < -0.3 is 10.1 Å². The molecule has 2 atom stereocenters. The summed E-state index contributed by atoms with van der Waals surface area (Å²) in [6.07, 6.45) is 0.677. The highest BCUT2D eigenvalue weighted by Gasteiger charge is 2.20. The molecule has 0 aromatic heterocycles. The van der Waals surface area contributed by atoms with E-state index in [4.69, 9.17) is 10.00 Å². The molecule has 15 heavy (non-hydrogen) atoms. The maximum Gasteiger partial charge on any atom is 0.156 e. The number of morpholine rings is 1. The molecule has 1 aromatic carbocycles. The summed E-state index contributed by atoms with van der Waals surface area (Å²) in [4.78, 5) is 0. The van der Waals surface area contributed by atoms with E-state index in [1.807, 2.05) is 18.2 Å². The Morgan fingerprint density at radius 1 is 1.40 bits per heavy atom. The number of nitriles is 1. The van der Waals surface area contributed by atoms with Crippen LogP contribution in [0.4, 0.5) is 0 Å². The maximum absolute atomic E-state index is 8.65. The van der Waals surface area contributed by atoms with Gasteiger partial charge in [-0.2, -0.15) is 5.26 Å². The minimum Gasteiger partial charge on any atom is -0.360 e. The van der Waals surface area contributed by atoms with Gasteiger partial charge in [-0.15, -0.1) is 0 Å². The first kappa shape index (κ1) is 10.2. The van der Waals surface area contributed by atoms with Gasteiger partial charge in [0.15, 0.2) is 6.10 Å². The van der Waals surface area contributed by atoms with Gasteiger partial charge in [-0.05, 0) is 12.0 Å². The lowest BCUT2D eigenvalue weighted by Gasteiger charge is -2.26. The average Bonchev–Trinajstić information content (AvgIpc) is 2.31. The van der Waals surface area contributed by atoms with Gasteiger partial charge in [-0.1, -0.05) is 30.3 Å². The lowest BCUT2D eigenvalue weighted by Crippen LogP contribution is -2.46. The fourth-order valence-electron chi connectivity index (χ4n) is 1.74. The first-order chi connectivity index (χ1) is 7.38. The topological polar surface area (TPSA) is 45.0 Å². The van der Waals surface area contributed by atoms with Crippen LogP contribution in [0.15, 0.2) is 30.3 Å². The van der Waals surface area contributed by atoms with Gasteiger partial charge in [-0.3, -0.25) is 0 Å². The number of nitrogens with one attached hydrogen (secondary N) is 1. The molecule has 1 aromatic rings. The van der Waals surface area contributed by atoms with Crippen LogP contribution in [0.2, 0.25) is 0 Å². The molecule has 3 heteroatoms. The molecule has 0 amide bonds. The smallest absolute Gasteiger partial charge is 0.156 e. The van der Waals surface area contributed by atoms with Gasteiger partial charge in [-0.25, -0.2) is 0 Å². The monoisotopic (exact) mass is 202 g/mol. The third-order valence-corrected chi connectivity index (χ3v) is 2.56. The Hall–Kier alpha value is -1.37. The standard InChI is InChI=1S/C12H14N2O/c13-7-12-8-14-11(9-15-12)6-10-4-2-1-3-5-10/h1-5,11-12,14H,6,8-9H2. The van der Waals surface area contributed by atoms with Crippen LogP contribution in [0.1, 0.15) is 5.56 Å². The molecular weight excluding hydrogens is 188 g/mol. The van der Waals surface area contributed by atoms with Crippen LogP contribution in [-0.4, -0.2) is 25.3 Å². The van der Waals surface area contributed by atoms with Crippen molar-refractivity contribution in [3.8, 4) is 6.07 Å². The van der Waals surface area contributed by atoms with Gasteiger partial charge in [0.1, 0.15) is 0 Å². The summed E-state index contributed by atoms with van der Waals surface area (Å²) in [6, 6.07) is 12.7. The van der Waals surface area contributed by atoms with Gasteiger partial charge >= 0.3 is 0 Å². The second-order valence-electron chi connectivity index (χ2n) is 3.75. The number of hydrogen-bond donors (Lipinski definition) is 1. The molecule has 1 aliphatic heterocycles. The third-order valence-electron chi connectivity index (χ3n) is 2.56. The average molecular weight is 202 g/mol. The molecule has 0 bridgehead atoms. The summed E-state index contributed by atoms with van der Waals surface area (Å²) in [5.41, 5.74) is 1.30. The summed E-state index contributed by atoms with van der Waals surface area (Å²) >= 11 is 0. The summed E-state index contributed by atoms with van der Waals surface area (Å²) < 4.78 is 5.39. The quantitative estimate of drug-likeness (QED) is 0.781. The van der Waals surface area contributed by atoms with Crippen molar-refractivity contribution in [2.45, 2.75) is 18.6 Å². The first-order valence-corrected chi connectivity index (χ1v) is 5.17. The second-order valence-corrected chi connectivity index (χ2v) is 3.75. The minimum atomic E-state index is -0.281. The number of benzene rings is 1. The predicted molar refractivity (Wildman–Crippen MR) is 57.3 cm³/mol. The molecule has 0 saturated carbocycles. The number of nitrogens with zero attached hydrogens (tertiary/aromatic N) is 1. The van der Waals surface area contributed by atoms with Gasteiger partial charge in [0.2, 0.25) is 0 Å². The van der Waals surface area contributed by atoms with Crippen molar-refractivity contribution in [3.63, 3.8) is 0 Å². The van der Waals surface area contributed by atoms with Crippen LogP contribution in [0.5, 0.6) is 0 Å². The van der Waals surface area contributed by atoms with Crippen LogP contribution in [0, 0.1) is 11.3 Å². The Bertz CT molecular complexity index is 336. The van der Waals surface area contributed by atoms with Crippen molar-refractivity contribution in [1.29, 1.82) is 5.26 Å². The molecule has 1 heterocycles. The van der Waals surface area contributed by atoms with Crippen LogP contribution >= 0.6 is 0 Å². The lowest BCUT2D eigenvalue weighted by atomic mass is 10.1. The van der Waals surface area contributed by atoms with Crippen LogP contribution in [0.25, 0.3) is 0 Å². The molecule has 3 nitrogen and oxygen atoms in total. The van der Waals surface area contributed by atoms with Gasteiger partial charge in [0.25, 0.3) is 0 Å². The van der Waals surface area contributed by atoms with E-state index < -0.39 is 0 Å². The van der Waals surface area contributed by atoms with Gasteiger partial charge in [0, 0.05) is 12.6 Å². The number of rotatable bonds is 2. The van der Waals surface area contributed by atoms with E-state index in [-0.39, 0.29) is 6.10 Å². The zero-order valence-corrected chi connectivity index (χ0v) is 8.52. The second kappa shape index (κ2) is 4.92. The minimum absolute atomic E-state index is 0.281. The fraction of sp³-hybridized carbons (Fsp3) is 0.417. The highest BCUT2D eigenvalue weighted by molar-refractivity contribution is 5.16. The summed E-state index contributed by atoms with van der Waals surface area (Å²) in [5, 5.41) is 12.0. The molecule has 1 fully saturated rings. The van der Waals surface area contributed by atoms with Crippen molar-refractivity contribution in [3.05, 3.63) is 35.9 Å². The lowest BCUT2D eigenvalue weighted by molar-refractivity contribution is 0.0361. The molecule has 1 aliphatic rings. The molecule has 1 N–H and O–H groups in total. The van der Waals surface area contributed by atoms with E-state index in [9.17, 15) is 0 Å². The van der Waals surface area contributed by atoms with E-state index in [1.165, 1.54) is 5.56 Å². The van der Waals surface area contributed by atoms with Crippen molar-refractivity contribution in [1.82, 2.24) is 5.32 Å². The molecular formula is C12H14N2O. The highest BCUT2D eigenvalue weighted by atomic mass is 16.5. The Morgan fingerprint density at radius 2 is 2.20 bits per heavy atom. The van der Waals surface area contributed by atoms with Crippen molar-refractivity contribution >= 4 is 0 Å². The molecule has 0 aliphatic carbocycles. The zero-order chi connectivity index (χ0) is 10.5. The normalized spacial score (nSPS) is 25.8. The van der Waals surface area contributed by atoms with Crippen molar-refractivity contribution < 1.29 is 4.74 Å². The predicted octanol–water partition coefficient (Wildman–Crippen LogP) is 1.11. The Labute approximate surface area is 89.7 Å². The maximum atomic E-state index is 8.65. The van der Waals surface area contributed by atoms with E-state index in [2.05, 4.69) is 23.5 Å². The van der Waals surface area contributed by atoms with Gasteiger partial charge in [0.05, 0.1) is 12.7 Å². The number of hydrogen-bond acceptors (Lipinski definition) is 3. The molecule has 2 rings (SSSR count). The number of ether oxygens (including phenoxy) is 1. The van der Waals surface area contributed by atoms with E-state index in [0.29, 0.717) is 19.2 Å². The SMILES string of the molecule is N#CC1CNC(Cc2ccccc2)CO1.